The van der Waals surface area contributed by atoms with E-state index in [-0.39, 0.29) is 21.9 Å². The van der Waals surface area contributed by atoms with E-state index in [1.807, 2.05) is 0 Å². The summed E-state index contributed by atoms with van der Waals surface area (Å²) in [6.07, 6.45) is 0.171. The third-order valence-corrected chi connectivity index (χ3v) is 5.79. The Labute approximate surface area is 124 Å². The molecular formula is C11H14Br2O4S. The van der Waals surface area contributed by atoms with Crippen LogP contribution >= 0.6 is 42.7 Å². The second kappa shape index (κ2) is 6.49. The van der Waals surface area contributed by atoms with E-state index in [4.69, 9.17) is 0 Å². The number of carbonyl (C=O) groups excluding carboxylic acids is 1. The van der Waals surface area contributed by atoms with Crippen molar-refractivity contribution in [3.8, 4) is 0 Å². The monoisotopic (exact) mass is 400 g/mol. The van der Waals surface area contributed by atoms with E-state index in [2.05, 4.69) is 31.9 Å². The van der Waals surface area contributed by atoms with Crippen LogP contribution in [0, 0.1) is 6.92 Å². The van der Waals surface area contributed by atoms with Crippen LogP contribution in [0.4, 0.5) is 0 Å². The van der Waals surface area contributed by atoms with Crippen LogP contribution in [0.2, 0.25) is 0 Å². The molecule has 1 unspecified atom stereocenters. The molecule has 7 heteroatoms. The van der Waals surface area contributed by atoms with E-state index in [9.17, 15) is 18.5 Å². The third kappa shape index (κ3) is 4.32. The fourth-order valence-corrected chi connectivity index (χ4v) is 2.78. The van der Waals surface area contributed by atoms with Crippen LogP contribution in [0.5, 0.6) is 0 Å². The van der Waals surface area contributed by atoms with Crippen LogP contribution in [0.25, 0.3) is 0 Å². The Morgan fingerprint density at radius 1 is 1.39 bits per heavy atom. The maximum Gasteiger partial charge on any atom is 0.151 e. The quantitative estimate of drug-likeness (QED) is 0.655. The molecule has 0 bridgehead atoms. The standard InChI is InChI=1S/C11H14Br2O4S/c1-7-2-3-8(4-10(14)9(13)6-12)5-11(7)18(15,16)17/h2-3,5,9,15-17H,4,6H2,1H3. The zero-order valence-electron chi connectivity index (χ0n) is 9.64. The molecule has 0 spiro atoms. The van der Waals surface area contributed by atoms with Gasteiger partial charge in [-0.2, -0.15) is 0 Å². The summed E-state index contributed by atoms with van der Waals surface area (Å²) < 4.78 is 27.8. The van der Waals surface area contributed by atoms with Crippen molar-refractivity contribution in [2.75, 3.05) is 5.33 Å². The second-order valence-corrected chi connectivity index (χ2v) is 7.11. The van der Waals surface area contributed by atoms with Gasteiger partial charge in [-0.3, -0.25) is 4.79 Å². The Morgan fingerprint density at radius 2 is 2.00 bits per heavy atom. The molecule has 1 atom stereocenters. The highest BCUT2D eigenvalue weighted by Gasteiger charge is 2.20. The fourth-order valence-electron chi connectivity index (χ4n) is 1.45. The molecular weight excluding hydrogens is 388 g/mol. The summed E-state index contributed by atoms with van der Waals surface area (Å²) >= 11 is 6.44. The highest BCUT2D eigenvalue weighted by molar-refractivity contribution is 9.12. The molecule has 1 aromatic carbocycles. The van der Waals surface area contributed by atoms with E-state index < -0.39 is 10.9 Å². The lowest BCUT2D eigenvalue weighted by Gasteiger charge is -2.22. The number of aryl methyl sites for hydroxylation is 1. The van der Waals surface area contributed by atoms with Crippen LogP contribution in [-0.2, 0) is 11.2 Å². The van der Waals surface area contributed by atoms with Gasteiger partial charge >= 0.3 is 0 Å². The van der Waals surface area contributed by atoms with E-state index in [0.717, 1.165) is 0 Å². The minimum atomic E-state index is -3.75. The fraction of sp³-hybridized carbons (Fsp3) is 0.364. The third-order valence-electron chi connectivity index (χ3n) is 2.41. The number of hydrogen-bond acceptors (Lipinski definition) is 4. The first-order valence-corrected chi connectivity index (χ1v) is 8.62. The number of halogens is 2. The topological polar surface area (TPSA) is 77.8 Å². The van der Waals surface area contributed by atoms with E-state index in [1.165, 1.54) is 6.07 Å². The minimum absolute atomic E-state index is 0.0175. The first-order chi connectivity index (χ1) is 8.25. The van der Waals surface area contributed by atoms with Gasteiger partial charge in [-0.25, -0.2) is 0 Å². The van der Waals surface area contributed by atoms with Gasteiger partial charge in [-0.15, -0.1) is 0 Å². The van der Waals surface area contributed by atoms with Crippen molar-refractivity contribution >= 4 is 48.5 Å². The lowest BCUT2D eigenvalue weighted by molar-refractivity contribution is -0.117. The van der Waals surface area contributed by atoms with E-state index in [0.29, 0.717) is 16.5 Å². The molecule has 0 heterocycles. The highest BCUT2D eigenvalue weighted by Crippen LogP contribution is 2.45. The summed E-state index contributed by atoms with van der Waals surface area (Å²) in [6, 6.07) is 4.84. The van der Waals surface area contributed by atoms with Gasteiger partial charge in [0.25, 0.3) is 0 Å². The van der Waals surface area contributed by atoms with Crippen molar-refractivity contribution in [1.29, 1.82) is 0 Å². The Morgan fingerprint density at radius 3 is 2.50 bits per heavy atom. The maximum atomic E-state index is 11.7. The molecule has 3 N–H and O–H groups in total. The van der Waals surface area contributed by atoms with E-state index >= 15 is 0 Å². The summed E-state index contributed by atoms with van der Waals surface area (Å²) in [7, 11) is -3.75. The number of hydrogen-bond donors (Lipinski definition) is 3. The number of rotatable bonds is 5. The zero-order valence-corrected chi connectivity index (χ0v) is 13.6. The minimum Gasteiger partial charge on any atom is -0.304 e. The zero-order chi connectivity index (χ0) is 13.9. The van der Waals surface area contributed by atoms with Crippen molar-refractivity contribution in [2.24, 2.45) is 0 Å². The highest BCUT2D eigenvalue weighted by atomic mass is 79.9. The molecule has 0 aliphatic rings. The number of carbonyl (C=O) groups is 1. The Bertz CT molecular complexity index is 445. The van der Waals surface area contributed by atoms with Gasteiger partial charge in [0.05, 0.1) is 9.72 Å². The van der Waals surface area contributed by atoms with Crippen LogP contribution in [0.3, 0.4) is 0 Å². The first-order valence-electron chi connectivity index (χ1n) is 5.08. The van der Waals surface area contributed by atoms with Gasteiger partial charge in [0.15, 0.2) is 5.78 Å². The van der Waals surface area contributed by atoms with Crippen LogP contribution in [0.1, 0.15) is 11.1 Å². The lowest BCUT2D eigenvalue weighted by Crippen LogP contribution is -2.17. The Balaban J connectivity index is 2.96. The molecule has 18 heavy (non-hydrogen) atoms. The molecule has 4 nitrogen and oxygen atoms in total. The van der Waals surface area contributed by atoms with Gasteiger partial charge in [-0.05, 0) is 24.1 Å². The molecule has 1 rings (SSSR count). The predicted molar refractivity (Wildman–Crippen MR) is 80.1 cm³/mol. The number of benzene rings is 1. The largest absolute Gasteiger partial charge is 0.304 e. The summed E-state index contributed by atoms with van der Waals surface area (Å²) in [4.78, 5) is 11.5. The van der Waals surface area contributed by atoms with Crippen molar-refractivity contribution in [2.45, 2.75) is 23.1 Å². The Kier molecular flexibility index (Phi) is 5.82. The number of alkyl halides is 2. The average molecular weight is 402 g/mol. The molecule has 0 aromatic heterocycles. The smallest absolute Gasteiger partial charge is 0.151 e. The van der Waals surface area contributed by atoms with Crippen LogP contribution < -0.4 is 0 Å². The molecule has 102 valence electrons. The molecule has 0 aliphatic carbocycles. The van der Waals surface area contributed by atoms with Gasteiger partial charge < -0.3 is 13.7 Å². The van der Waals surface area contributed by atoms with Gasteiger partial charge in [0.2, 0.25) is 0 Å². The summed E-state index contributed by atoms with van der Waals surface area (Å²) in [5.74, 6) is -0.0175. The predicted octanol–water partition coefficient (Wildman–Crippen LogP) is 3.85. The molecule has 0 aliphatic heterocycles. The summed E-state index contributed by atoms with van der Waals surface area (Å²) in [5, 5.41) is 0.514. The van der Waals surface area contributed by atoms with Crippen LogP contribution in [0.15, 0.2) is 23.1 Å². The molecule has 0 radical (unpaired) electrons. The number of Topliss-reactive ketones (excluding diaryl/α,β-unsaturated/α-hetero) is 1. The summed E-state index contributed by atoms with van der Waals surface area (Å²) in [6.45, 7) is 1.66. The van der Waals surface area contributed by atoms with Gasteiger partial charge in [0.1, 0.15) is 10.9 Å². The second-order valence-electron chi connectivity index (χ2n) is 3.88. The van der Waals surface area contributed by atoms with Crippen LogP contribution in [-0.4, -0.2) is 29.6 Å². The summed E-state index contributed by atoms with van der Waals surface area (Å²) in [5.41, 5.74) is 1.21. The van der Waals surface area contributed by atoms with Crippen molar-refractivity contribution < 1.29 is 18.5 Å². The van der Waals surface area contributed by atoms with Gasteiger partial charge in [0, 0.05) is 11.8 Å². The molecule has 0 saturated carbocycles. The molecule has 0 amide bonds. The molecule has 0 saturated heterocycles. The average Bonchev–Trinajstić information content (AvgIpc) is 2.29. The van der Waals surface area contributed by atoms with Crippen molar-refractivity contribution in [1.82, 2.24) is 0 Å². The number of ketones is 1. The van der Waals surface area contributed by atoms with Crippen molar-refractivity contribution in [3.05, 3.63) is 29.3 Å². The molecule has 0 fully saturated rings. The Hall–Kier alpha value is 0.0800. The van der Waals surface area contributed by atoms with Gasteiger partial charge in [-0.1, -0.05) is 44.0 Å². The normalized spacial score (nSPS) is 14.3. The lowest BCUT2D eigenvalue weighted by atomic mass is 10.1. The maximum absolute atomic E-state index is 11.7. The SMILES string of the molecule is Cc1ccc(CC(=O)C(Br)CBr)cc1S(O)(O)O. The van der Waals surface area contributed by atoms with E-state index in [1.54, 1.807) is 19.1 Å². The molecule has 1 aromatic rings. The first kappa shape index (κ1) is 16.1. The van der Waals surface area contributed by atoms with Crippen molar-refractivity contribution in [3.63, 3.8) is 0 Å².